The molecule has 0 spiro atoms. The molecule has 3 N–H and O–H groups in total. The summed E-state index contributed by atoms with van der Waals surface area (Å²) in [5.74, 6) is 0.0331. The maximum Gasteiger partial charge on any atom is 0.269 e. The maximum absolute atomic E-state index is 10.8. The van der Waals surface area contributed by atoms with E-state index in [0.717, 1.165) is 4.47 Å². The number of primary amides is 1. The fourth-order valence-electron chi connectivity index (χ4n) is 1.18. The number of nitrogens with zero attached hydrogens (tertiary/aromatic N) is 2. The molecule has 2 aromatic heterocycles. The van der Waals surface area contributed by atoms with E-state index < -0.39 is 5.91 Å². The lowest BCUT2D eigenvalue weighted by Gasteiger charge is -2.02. The number of aromatic nitrogens is 2. The predicted molar refractivity (Wildman–Crippen MR) is 69.9 cm³/mol. The van der Waals surface area contributed by atoms with E-state index >= 15 is 0 Å². The molecule has 0 atom stereocenters. The van der Waals surface area contributed by atoms with Crippen molar-refractivity contribution < 1.29 is 4.79 Å². The molecule has 5 nitrogen and oxygen atoms in total. The minimum atomic E-state index is -0.578. The quantitative estimate of drug-likeness (QED) is 0.905. The van der Waals surface area contributed by atoms with Crippen molar-refractivity contribution >= 4 is 39.0 Å². The smallest absolute Gasteiger partial charge is 0.269 e. The van der Waals surface area contributed by atoms with Crippen molar-refractivity contribution in [3.63, 3.8) is 0 Å². The summed E-state index contributed by atoms with van der Waals surface area (Å²) in [6.45, 7) is 0.668. The third kappa shape index (κ3) is 3.24. The molecule has 0 saturated carbocycles. The number of hydrogen-bond acceptors (Lipinski definition) is 5. The van der Waals surface area contributed by atoms with Gasteiger partial charge < -0.3 is 11.1 Å². The van der Waals surface area contributed by atoms with Crippen LogP contribution in [0, 0.1) is 0 Å². The highest BCUT2D eigenvalue weighted by molar-refractivity contribution is 9.10. The molecule has 0 fully saturated rings. The average Bonchev–Trinajstić information content (AvgIpc) is 2.73. The van der Waals surface area contributed by atoms with Crippen LogP contribution in [0.2, 0.25) is 0 Å². The number of thiophene rings is 1. The van der Waals surface area contributed by atoms with E-state index in [1.54, 1.807) is 23.5 Å². The van der Waals surface area contributed by atoms with Crippen LogP contribution in [0.3, 0.4) is 0 Å². The lowest BCUT2D eigenvalue weighted by atomic mass is 10.3. The Balaban J connectivity index is 1.97. The maximum atomic E-state index is 10.8. The van der Waals surface area contributed by atoms with Gasteiger partial charge in [-0.2, -0.15) is 0 Å². The SMILES string of the molecule is NC(=O)c1ccc(NCc2cc(Br)cs2)nn1. The highest BCUT2D eigenvalue weighted by Gasteiger charge is 2.03. The fourth-order valence-corrected chi connectivity index (χ4v) is 2.57. The first-order valence-electron chi connectivity index (χ1n) is 4.75. The summed E-state index contributed by atoms with van der Waals surface area (Å²) in [4.78, 5) is 12.0. The molecule has 0 radical (unpaired) electrons. The second-order valence-electron chi connectivity index (χ2n) is 3.25. The Morgan fingerprint density at radius 1 is 1.47 bits per heavy atom. The molecule has 0 aliphatic heterocycles. The zero-order chi connectivity index (χ0) is 12.3. The van der Waals surface area contributed by atoms with Gasteiger partial charge in [0.25, 0.3) is 5.91 Å². The number of anilines is 1. The van der Waals surface area contributed by atoms with Gasteiger partial charge in [0.05, 0.1) is 6.54 Å². The van der Waals surface area contributed by atoms with Gasteiger partial charge in [0.2, 0.25) is 0 Å². The van der Waals surface area contributed by atoms with Crippen LogP contribution >= 0.6 is 27.3 Å². The highest BCUT2D eigenvalue weighted by atomic mass is 79.9. The summed E-state index contributed by atoms with van der Waals surface area (Å²) in [5.41, 5.74) is 5.23. The largest absolute Gasteiger partial charge is 0.364 e. The zero-order valence-electron chi connectivity index (χ0n) is 8.68. The van der Waals surface area contributed by atoms with Crippen LogP contribution in [0.4, 0.5) is 5.82 Å². The number of rotatable bonds is 4. The van der Waals surface area contributed by atoms with Crippen molar-refractivity contribution in [1.29, 1.82) is 0 Å². The first kappa shape index (κ1) is 12.0. The zero-order valence-corrected chi connectivity index (χ0v) is 11.1. The average molecular weight is 313 g/mol. The van der Waals surface area contributed by atoms with Gasteiger partial charge in [0.15, 0.2) is 5.69 Å². The summed E-state index contributed by atoms with van der Waals surface area (Å²) in [6, 6.07) is 5.25. The monoisotopic (exact) mass is 312 g/mol. The van der Waals surface area contributed by atoms with E-state index in [1.807, 2.05) is 11.4 Å². The number of carbonyl (C=O) groups excluding carboxylic acids is 1. The summed E-state index contributed by atoms with van der Waals surface area (Å²) in [7, 11) is 0. The number of hydrogen-bond donors (Lipinski definition) is 2. The Bertz CT molecular complexity index is 525. The number of nitrogens with two attached hydrogens (primary N) is 1. The van der Waals surface area contributed by atoms with Gasteiger partial charge in [0.1, 0.15) is 5.82 Å². The molecular formula is C10H9BrN4OS. The Morgan fingerprint density at radius 3 is 2.82 bits per heavy atom. The van der Waals surface area contributed by atoms with Gasteiger partial charge in [-0.3, -0.25) is 4.79 Å². The lowest BCUT2D eigenvalue weighted by molar-refractivity contribution is 0.0994. The predicted octanol–water partition coefficient (Wildman–Crippen LogP) is 2.01. The minimum Gasteiger partial charge on any atom is -0.364 e. The topological polar surface area (TPSA) is 80.9 Å². The van der Waals surface area contributed by atoms with Crippen LogP contribution in [0.25, 0.3) is 0 Å². The van der Waals surface area contributed by atoms with Gasteiger partial charge in [0, 0.05) is 14.7 Å². The third-order valence-electron chi connectivity index (χ3n) is 1.98. The Hall–Kier alpha value is -1.47. The van der Waals surface area contributed by atoms with Crippen molar-refractivity contribution in [2.75, 3.05) is 5.32 Å². The van der Waals surface area contributed by atoms with Crippen LogP contribution < -0.4 is 11.1 Å². The molecule has 17 heavy (non-hydrogen) atoms. The van der Waals surface area contributed by atoms with Crippen molar-refractivity contribution in [2.45, 2.75) is 6.54 Å². The Morgan fingerprint density at radius 2 is 2.29 bits per heavy atom. The molecule has 1 amide bonds. The van der Waals surface area contributed by atoms with Gasteiger partial charge in [-0.15, -0.1) is 21.5 Å². The third-order valence-corrected chi connectivity index (χ3v) is 3.68. The molecule has 0 aliphatic rings. The summed E-state index contributed by atoms with van der Waals surface area (Å²) >= 11 is 5.03. The second-order valence-corrected chi connectivity index (χ2v) is 5.16. The minimum absolute atomic E-state index is 0.161. The molecule has 7 heteroatoms. The molecule has 0 aliphatic carbocycles. The Kier molecular flexibility index (Phi) is 3.70. The first-order valence-corrected chi connectivity index (χ1v) is 6.43. The van der Waals surface area contributed by atoms with Crippen molar-refractivity contribution in [2.24, 2.45) is 5.73 Å². The van der Waals surface area contributed by atoms with Gasteiger partial charge in [-0.1, -0.05) is 0 Å². The van der Waals surface area contributed by atoms with E-state index in [0.29, 0.717) is 12.4 Å². The number of amides is 1. The number of halogens is 1. The van der Waals surface area contributed by atoms with E-state index in [1.165, 1.54) is 4.88 Å². The molecule has 2 rings (SSSR count). The van der Waals surface area contributed by atoms with Crippen LogP contribution in [-0.4, -0.2) is 16.1 Å². The molecule has 0 bridgehead atoms. The van der Waals surface area contributed by atoms with Gasteiger partial charge in [-0.25, -0.2) is 0 Å². The molecule has 0 aromatic carbocycles. The Labute approximate surface area is 110 Å². The summed E-state index contributed by atoms with van der Waals surface area (Å²) in [5, 5.41) is 12.7. The standard InChI is InChI=1S/C10H9BrN4OS/c11-6-3-7(17-5-6)4-13-9-2-1-8(10(12)16)14-15-9/h1-3,5H,4H2,(H2,12,16)(H,13,15). The fraction of sp³-hybridized carbons (Fsp3) is 0.100. The summed E-state index contributed by atoms with van der Waals surface area (Å²) < 4.78 is 1.06. The van der Waals surface area contributed by atoms with Crippen molar-refractivity contribution in [3.05, 3.63) is 38.6 Å². The summed E-state index contributed by atoms with van der Waals surface area (Å²) in [6.07, 6.45) is 0. The molecule has 0 saturated heterocycles. The van der Waals surface area contributed by atoms with E-state index in [2.05, 4.69) is 31.4 Å². The molecule has 2 aromatic rings. The van der Waals surface area contributed by atoms with E-state index in [9.17, 15) is 4.79 Å². The normalized spacial score (nSPS) is 10.2. The van der Waals surface area contributed by atoms with E-state index in [4.69, 9.17) is 5.73 Å². The van der Waals surface area contributed by atoms with E-state index in [-0.39, 0.29) is 5.69 Å². The highest BCUT2D eigenvalue weighted by Crippen LogP contribution is 2.20. The van der Waals surface area contributed by atoms with Crippen LogP contribution in [0.5, 0.6) is 0 Å². The molecular weight excluding hydrogens is 304 g/mol. The number of carbonyl (C=O) groups is 1. The lowest BCUT2D eigenvalue weighted by Crippen LogP contribution is -2.14. The number of nitrogens with one attached hydrogen (secondary N) is 1. The second kappa shape index (κ2) is 5.24. The van der Waals surface area contributed by atoms with Gasteiger partial charge >= 0.3 is 0 Å². The molecule has 2 heterocycles. The van der Waals surface area contributed by atoms with Crippen molar-refractivity contribution in [1.82, 2.24) is 10.2 Å². The van der Waals surface area contributed by atoms with Crippen LogP contribution in [0.1, 0.15) is 15.4 Å². The molecule has 88 valence electrons. The van der Waals surface area contributed by atoms with Gasteiger partial charge in [-0.05, 0) is 34.1 Å². The van der Waals surface area contributed by atoms with Crippen LogP contribution in [0.15, 0.2) is 28.1 Å². The van der Waals surface area contributed by atoms with Crippen molar-refractivity contribution in [3.8, 4) is 0 Å². The molecule has 0 unspecified atom stereocenters. The van der Waals surface area contributed by atoms with Crippen LogP contribution in [-0.2, 0) is 6.54 Å². The first-order chi connectivity index (χ1) is 8.15.